The third-order valence-electron chi connectivity index (χ3n) is 6.48. The van der Waals surface area contributed by atoms with Crippen LogP contribution < -0.4 is 21.7 Å². The summed E-state index contributed by atoms with van der Waals surface area (Å²) in [5.74, 6) is -1.81. The van der Waals surface area contributed by atoms with Crippen molar-refractivity contribution in [2.24, 2.45) is 10.7 Å². The molecule has 2 amide bonds. The minimum atomic E-state index is -1.34. The number of fused-ring (bicyclic) bond motifs is 2. The zero-order valence-electron chi connectivity index (χ0n) is 22.2. The van der Waals surface area contributed by atoms with Crippen LogP contribution in [0, 0.1) is 0 Å². The van der Waals surface area contributed by atoms with Crippen molar-refractivity contribution in [3.63, 3.8) is 0 Å². The van der Waals surface area contributed by atoms with E-state index in [0.29, 0.717) is 42.8 Å². The van der Waals surface area contributed by atoms with Crippen LogP contribution in [0.2, 0.25) is 10.0 Å². The Balaban J connectivity index is 1.46. The number of benzene rings is 2. The second-order valence-electron chi connectivity index (χ2n) is 9.16. The number of carboxylic acid groups (broad SMARTS) is 1. The Labute approximate surface area is 245 Å². The number of carbonyl (C=O) groups is 3. The van der Waals surface area contributed by atoms with Crippen molar-refractivity contribution in [3.05, 3.63) is 68.9 Å². The predicted molar refractivity (Wildman–Crippen MR) is 154 cm³/mol. The molecule has 0 saturated carbocycles. The van der Waals surface area contributed by atoms with Gasteiger partial charge in [0.05, 0.1) is 28.9 Å². The summed E-state index contributed by atoms with van der Waals surface area (Å²) in [5, 5.41) is 18.9. The summed E-state index contributed by atoms with van der Waals surface area (Å²) < 4.78 is 10.7. The Bertz CT molecular complexity index is 1440. The number of rotatable bonds is 10. The van der Waals surface area contributed by atoms with Crippen LogP contribution >= 0.6 is 23.2 Å². The number of aliphatic carboxylic acids is 1. The summed E-state index contributed by atoms with van der Waals surface area (Å²) in [4.78, 5) is 43.9. The van der Waals surface area contributed by atoms with Gasteiger partial charge in [0.15, 0.2) is 11.7 Å². The van der Waals surface area contributed by atoms with Crippen LogP contribution in [0.4, 0.5) is 0 Å². The largest absolute Gasteiger partial charge is 0.480 e. The van der Waals surface area contributed by atoms with E-state index in [-0.39, 0.29) is 53.0 Å². The van der Waals surface area contributed by atoms with E-state index in [0.717, 1.165) is 5.39 Å². The highest BCUT2D eigenvalue weighted by Gasteiger charge is 2.30. The number of para-hydroxylation sites is 1. The Kier molecular flexibility index (Phi) is 10.1. The highest BCUT2D eigenvalue weighted by molar-refractivity contribution is 6.40. The second-order valence-corrected chi connectivity index (χ2v) is 9.95. The molecule has 0 bridgehead atoms. The maximum atomic E-state index is 13.2. The molecule has 4 rings (SSSR count). The summed E-state index contributed by atoms with van der Waals surface area (Å²) in [6.45, 7) is 1.13. The first-order valence-electron chi connectivity index (χ1n) is 12.8. The van der Waals surface area contributed by atoms with Gasteiger partial charge in [0.1, 0.15) is 11.6 Å². The summed E-state index contributed by atoms with van der Waals surface area (Å²) in [6.07, 6.45) is 0.369. The van der Waals surface area contributed by atoms with E-state index in [9.17, 15) is 19.5 Å². The van der Waals surface area contributed by atoms with Gasteiger partial charge in [-0.3, -0.25) is 9.59 Å². The Morgan fingerprint density at radius 3 is 2.71 bits per heavy atom. The lowest BCUT2D eigenvalue weighted by Crippen LogP contribution is -2.51. The lowest BCUT2D eigenvalue weighted by molar-refractivity contribution is -0.139. The Morgan fingerprint density at radius 1 is 1.22 bits per heavy atom. The summed E-state index contributed by atoms with van der Waals surface area (Å²) in [5.41, 5.74) is 7.41. The van der Waals surface area contributed by atoms with E-state index in [1.807, 2.05) is 18.2 Å². The van der Waals surface area contributed by atoms with Gasteiger partial charge in [0.2, 0.25) is 0 Å². The number of halogens is 2. The van der Waals surface area contributed by atoms with Crippen LogP contribution in [0.5, 0.6) is 0 Å². The molecule has 3 aromatic rings. The second kappa shape index (κ2) is 13.7. The first-order valence-corrected chi connectivity index (χ1v) is 13.5. The molecule has 6 N–H and O–H groups in total. The van der Waals surface area contributed by atoms with E-state index in [1.165, 1.54) is 0 Å². The van der Waals surface area contributed by atoms with Crippen LogP contribution in [0.25, 0.3) is 11.0 Å². The van der Waals surface area contributed by atoms with E-state index in [4.69, 9.17) is 38.1 Å². The van der Waals surface area contributed by atoms with Crippen molar-refractivity contribution >= 4 is 57.9 Å². The first-order chi connectivity index (χ1) is 19.7. The van der Waals surface area contributed by atoms with Gasteiger partial charge in [-0.05, 0) is 35.7 Å². The van der Waals surface area contributed by atoms with Crippen molar-refractivity contribution in [2.45, 2.75) is 19.0 Å². The van der Waals surface area contributed by atoms with Crippen LogP contribution in [0.1, 0.15) is 32.0 Å². The topological polar surface area (TPSA) is 172 Å². The van der Waals surface area contributed by atoms with E-state index in [2.05, 4.69) is 20.9 Å². The molecule has 2 aromatic carbocycles. The minimum Gasteiger partial charge on any atom is -0.480 e. The van der Waals surface area contributed by atoms with Crippen molar-refractivity contribution in [3.8, 4) is 0 Å². The Morgan fingerprint density at radius 2 is 2.00 bits per heavy atom. The molecule has 0 spiro atoms. The summed E-state index contributed by atoms with van der Waals surface area (Å²) in [6, 6.07) is 9.30. The predicted octanol–water partition coefficient (Wildman–Crippen LogP) is 2.22. The molecule has 1 atom stereocenters. The fourth-order valence-corrected chi connectivity index (χ4v) is 5.21. The summed E-state index contributed by atoms with van der Waals surface area (Å²) >= 11 is 13.1. The van der Waals surface area contributed by atoms with Crippen molar-refractivity contribution in [1.29, 1.82) is 0 Å². The molecule has 1 aliphatic heterocycles. The number of carboxylic acids is 1. The molecule has 0 saturated heterocycles. The van der Waals surface area contributed by atoms with Crippen LogP contribution in [0.15, 0.2) is 45.8 Å². The number of hydrogen-bond donors (Lipinski definition) is 5. The molecule has 0 unspecified atom stereocenters. The average molecular weight is 605 g/mol. The molecule has 0 radical (unpaired) electrons. The minimum absolute atomic E-state index is 0.0337. The average Bonchev–Trinajstić information content (AvgIpc) is 3.39. The number of nitrogens with one attached hydrogen (secondary N) is 3. The van der Waals surface area contributed by atoms with Crippen molar-refractivity contribution < 1.29 is 28.6 Å². The number of amides is 2. The highest BCUT2D eigenvalue weighted by atomic mass is 35.5. The van der Waals surface area contributed by atoms with Gasteiger partial charge in [-0.2, -0.15) is 0 Å². The highest BCUT2D eigenvalue weighted by Crippen LogP contribution is 2.35. The molecule has 218 valence electrons. The standard InChI is InChI=1S/C27H30Cl2N6O6/c1-40-9-7-31-27(33-14-30)32-12-19(26(38)39)34-24(36)22-18(28)10-16-13-35(8-6-17(16)23(22)29)25(37)21-11-15-4-2-3-5-20(15)41-21/h2-5,10-11,19H,6-9,12-14,30H2,1H3,(H,34,36)(H,38,39)(H2,31,32,33)/t19-/m0/s1. The molecule has 12 nitrogen and oxygen atoms in total. The normalized spacial score (nSPS) is 14.0. The molecular weight excluding hydrogens is 575 g/mol. The zero-order valence-corrected chi connectivity index (χ0v) is 23.7. The fraction of sp³-hybridized carbons (Fsp3) is 0.333. The summed E-state index contributed by atoms with van der Waals surface area (Å²) in [7, 11) is 1.54. The number of aliphatic imine (C=N–C) groups is 1. The third kappa shape index (κ3) is 7.09. The monoisotopic (exact) mass is 604 g/mol. The van der Waals surface area contributed by atoms with Gasteiger partial charge >= 0.3 is 5.97 Å². The number of furan rings is 1. The number of methoxy groups -OCH3 is 1. The maximum Gasteiger partial charge on any atom is 0.328 e. The number of guanidine groups is 1. The third-order valence-corrected chi connectivity index (χ3v) is 7.20. The fourth-order valence-electron chi connectivity index (χ4n) is 4.44. The molecule has 1 aliphatic rings. The smallest absolute Gasteiger partial charge is 0.328 e. The SMILES string of the molecule is COCCNC(=NCN)NC[C@H](NC(=O)c1c(Cl)cc2c(c1Cl)CCN(C(=O)c1cc3ccccc3o1)C2)C(=O)O. The van der Waals surface area contributed by atoms with Gasteiger partial charge in [-0.15, -0.1) is 0 Å². The molecule has 0 fully saturated rings. The molecule has 2 heterocycles. The van der Waals surface area contributed by atoms with Crippen LogP contribution in [0.3, 0.4) is 0 Å². The lowest BCUT2D eigenvalue weighted by atomic mass is 9.96. The van der Waals surface area contributed by atoms with Gasteiger partial charge in [0, 0.05) is 38.7 Å². The molecule has 1 aromatic heterocycles. The molecule has 0 aliphatic carbocycles. The van der Waals surface area contributed by atoms with Gasteiger partial charge in [-0.1, -0.05) is 41.4 Å². The Hall–Kier alpha value is -3.84. The maximum absolute atomic E-state index is 13.2. The van der Waals surface area contributed by atoms with E-state index in [1.54, 1.807) is 30.2 Å². The van der Waals surface area contributed by atoms with Gasteiger partial charge < -0.3 is 40.8 Å². The zero-order chi connectivity index (χ0) is 29.5. The first kappa shape index (κ1) is 30.1. The number of hydrogen-bond acceptors (Lipinski definition) is 7. The number of nitrogens with zero attached hydrogens (tertiary/aromatic N) is 2. The number of ether oxygens (including phenoxy) is 1. The number of carbonyl (C=O) groups excluding carboxylic acids is 2. The quantitative estimate of drug-likeness (QED) is 0.132. The van der Waals surface area contributed by atoms with Gasteiger partial charge in [0.25, 0.3) is 11.8 Å². The van der Waals surface area contributed by atoms with Crippen molar-refractivity contribution in [1.82, 2.24) is 20.9 Å². The molecular formula is C27H30Cl2N6O6. The van der Waals surface area contributed by atoms with Gasteiger partial charge in [-0.25, -0.2) is 9.79 Å². The molecule has 41 heavy (non-hydrogen) atoms. The van der Waals surface area contributed by atoms with E-state index < -0.39 is 17.9 Å². The van der Waals surface area contributed by atoms with Crippen LogP contribution in [-0.4, -0.2) is 79.8 Å². The van der Waals surface area contributed by atoms with Crippen LogP contribution in [-0.2, 0) is 22.5 Å². The molecule has 14 heteroatoms. The van der Waals surface area contributed by atoms with E-state index >= 15 is 0 Å². The van der Waals surface area contributed by atoms with Crippen molar-refractivity contribution in [2.75, 3.05) is 40.0 Å². The lowest BCUT2D eigenvalue weighted by Gasteiger charge is -2.30. The number of nitrogens with two attached hydrogens (primary N) is 1.